The monoisotopic (exact) mass is 493 g/mol. The predicted molar refractivity (Wildman–Crippen MR) is 130 cm³/mol. The van der Waals surface area contributed by atoms with Crippen LogP contribution in [0.2, 0.25) is 0 Å². The van der Waals surface area contributed by atoms with Crippen LogP contribution in [0.1, 0.15) is 79.2 Å². The molecule has 0 radical (unpaired) electrons. The molecule has 0 amide bonds. The summed E-state index contributed by atoms with van der Waals surface area (Å²) >= 11 is 0. The van der Waals surface area contributed by atoms with Crippen LogP contribution in [-0.4, -0.2) is 42.1 Å². The second-order valence-corrected chi connectivity index (χ2v) is 8.97. The molecular weight excluding hydrogens is 454 g/mol. The number of hydrogen-bond acceptors (Lipinski definition) is 9. The first-order valence-corrected chi connectivity index (χ1v) is 12.2. The molecule has 2 N–H and O–H groups in total. The summed E-state index contributed by atoms with van der Waals surface area (Å²) in [6.45, 7) is 10.8. The van der Waals surface area contributed by atoms with E-state index in [1.807, 2.05) is 27.7 Å². The molecule has 0 heterocycles. The highest BCUT2D eigenvalue weighted by Gasteiger charge is 2.25. The Morgan fingerprint density at radius 3 is 1.89 bits per heavy atom. The molecule has 1 rings (SSSR count). The van der Waals surface area contributed by atoms with Gasteiger partial charge in [0.1, 0.15) is 18.2 Å². The average molecular weight is 494 g/mol. The van der Waals surface area contributed by atoms with Crippen molar-refractivity contribution in [3.63, 3.8) is 0 Å². The van der Waals surface area contributed by atoms with E-state index >= 15 is 0 Å². The van der Waals surface area contributed by atoms with E-state index in [1.165, 1.54) is 12.1 Å². The van der Waals surface area contributed by atoms with Gasteiger partial charge in [-0.05, 0) is 56.7 Å². The van der Waals surface area contributed by atoms with Gasteiger partial charge in [-0.2, -0.15) is 0 Å². The quantitative estimate of drug-likeness (QED) is 0.303. The van der Waals surface area contributed by atoms with Gasteiger partial charge in [0.15, 0.2) is 11.5 Å². The molecule has 0 aromatic heterocycles. The number of ether oxygens (including phenoxy) is 4. The highest BCUT2D eigenvalue weighted by atomic mass is 16.6. The maximum absolute atomic E-state index is 12.5. The van der Waals surface area contributed by atoms with Gasteiger partial charge in [-0.1, -0.05) is 33.8 Å². The zero-order valence-corrected chi connectivity index (χ0v) is 21.6. The van der Waals surface area contributed by atoms with Gasteiger partial charge in [-0.3, -0.25) is 19.2 Å². The molecule has 0 fully saturated rings. The first kappa shape index (κ1) is 30.1. The lowest BCUT2D eigenvalue weighted by Crippen LogP contribution is -2.39. The normalized spacial score (nSPS) is 13.5. The Kier molecular flexibility index (Phi) is 13.0. The van der Waals surface area contributed by atoms with Crippen LogP contribution >= 0.6 is 0 Å². The zero-order valence-electron chi connectivity index (χ0n) is 21.6. The molecule has 0 bridgehead atoms. The Balaban J connectivity index is 2.85. The minimum atomic E-state index is -1.01. The molecule has 35 heavy (non-hydrogen) atoms. The Labute approximate surface area is 207 Å². The first-order chi connectivity index (χ1) is 16.5. The number of benzene rings is 1. The molecular formula is C26H39NO8. The smallest absolute Gasteiger partial charge is 0.323 e. The van der Waals surface area contributed by atoms with Crippen molar-refractivity contribution < 1.29 is 38.1 Å². The molecule has 9 nitrogen and oxygen atoms in total. The van der Waals surface area contributed by atoms with Gasteiger partial charge < -0.3 is 24.7 Å². The minimum absolute atomic E-state index is 0.0880. The second kappa shape index (κ2) is 15.1. The summed E-state index contributed by atoms with van der Waals surface area (Å²) in [5.41, 5.74) is 6.64. The number of rotatable bonds is 14. The van der Waals surface area contributed by atoms with Crippen molar-refractivity contribution in [3.8, 4) is 11.5 Å². The van der Waals surface area contributed by atoms with Gasteiger partial charge in [0.25, 0.3) is 0 Å². The van der Waals surface area contributed by atoms with E-state index in [1.54, 1.807) is 19.9 Å². The van der Waals surface area contributed by atoms with Crippen LogP contribution in [0, 0.1) is 5.92 Å². The fourth-order valence-corrected chi connectivity index (χ4v) is 2.99. The Morgan fingerprint density at radius 1 is 0.800 bits per heavy atom. The third-order valence-corrected chi connectivity index (χ3v) is 4.98. The highest BCUT2D eigenvalue weighted by molar-refractivity contribution is 5.77. The maximum Gasteiger partial charge on any atom is 0.323 e. The second-order valence-electron chi connectivity index (χ2n) is 8.97. The van der Waals surface area contributed by atoms with Crippen LogP contribution < -0.4 is 15.2 Å². The summed E-state index contributed by atoms with van der Waals surface area (Å²) in [5.74, 6) is -1.55. The summed E-state index contributed by atoms with van der Waals surface area (Å²) in [6, 6.07) is 3.66. The zero-order chi connectivity index (χ0) is 26.5. The predicted octanol–water partition coefficient (Wildman–Crippen LogP) is 3.88. The Bertz CT molecular complexity index is 867. The standard InChI is InChI=1S/C26H39NO8/c1-7-9-23(28)34-21-12-11-19(15-22(21)35-24(29)10-8-2)14-20(27)26(31)33-18(6)17(5)32-25(30)13-16(3)4/h11-12,15-18,20H,7-10,13-14,27H2,1-6H3/t17-,18-,20-/m0/s1. The Morgan fingerprint density at radius 2 is 1.34 bits per heavy atom. The lowest BCUT2D eigenvalue weighted by molar-refractivity contribution is -0.166. The van der Waals surface area contributed by atoms with E-state index in [0.29, 0.717) is 18.4 Å². The molecule has 1 aromatic rings. The molecule has 0 aliphatic heterocycles. The van der Waals surface area contributed by atoms with E-state index in [4.69, 9.17) is 24.7 Å². The molecule has 9 heteroatoms. The molecule has 1 aromatic carbocycles. The minimum Gasteiger partial charge on any atom is -0.459 e. The number of nitrogens with two attached hydrogens (primary N) is 1. The third kappa shape index (κ3) is 11.4. The fraction of sp³-hybridized carbons (Fsp3) is 0.615. The van der Waals surface area contributed by atoms with E-state index in [2.05, 4.69) is 0 Å². The van der Waals surface area contributed by atoms with Crippen molar-refractivity contribution in [2.75, 3.05) is 0 Å². The van der Waals surface area contributed by atoms with E-state index in [0.717, 1.165) is 0 Å². The molecule has 3 atom stereocenters. The highest BCUT2D eigenvalue weighted by Crippen LogP contribution is 2.30. The lowest BCUT2D eigenvalue weighted by atomic mass is 10.1. The van der Waals surface area contributed by atoms with Gasteiger partial charge in [-0.25, -0.2) is 0 Å². The Hall–Kier alpha value is -2.94. The van der Waals surface area contributed by atoms with Crippen LogP contribution in [0.3, 0.4) is 0 Å². The summed E-state index contributed by atoms with van der Waals surface area (Å²) in [6.07, 6.45) is 0.708. The van der Waals surface area contributed by atoms with Crippen LogP contribution in [0.25, 0.3) is 0 Å². The summed E-state index contributed by atoms with van der Waals surface area (Å²) in [5, 5.41) is 0. The molecule has 0 aliphatic carbocycles. The SMILES string of the molecule is CCCC(=O)Oc1ccc(C[C@H](N)C(=O)O[C@@H](C)[C@H](C)OC(=O)CC(C)C)cc1OC(=O)CCC. The van der Waals surface area contributed by atoms with Crippen molar-refractivity contribution in [1.29, 1.82) is 0 Å². The number of hydrogen-bond donors (Lipinski definition) is 1. The van der Waals surface area contributed by atoms with E-state index in [9.17, 15) is 19.2 Å². The summed E-state index contributed by atoms with van der Waals surface area (Å²) < 4.78 is 21.4. The van der Waals surface area contributed by atoms with E-state index < -0.39 is 36.2 Å². The van der Waals surface area contributed by atoms with Crippen LogP contribution in [0.5, 0.6) is 11.5 Å². The molecule has 0 spiro atoms. The molecule has 0 saturated carbocycles. The fourth-order valence-electron chi connectivity index (χ4n) is 2.99. The van der Waals surface area contributed by atoms with Crippen molar-refractivity contribution in [2.45, 2.75) is 98.3 Å². The van der Waals surface area contributed by atoms with Crippen molar-refractivity contribution in [1.82, 2.24) is 0 Å². The number of carbonyl (C=O) groups is 4. The molecule has 0 aliphatic rings. The lowest BCUT2D eigenvalue weighted by Gasteiger charge is -2.23. The molecule has 196 valence electrons. The topological polar surface area (TPSA) is 131 Å². The molecule has 0 unspecified atom stereocenters. The number of carbonyl (C=O) groups excluding carboxylic acids is 4. The maximum atomic E-state index is 12.5. The number of esters is 4. The largest absolute Gasteiger partial charge is 0.459 e. The van der Waals surface area contributed by atoms with Crippen molar-refractivity contribution in [3.05, 3.63) is 23.8 Å². The van der Waals surface area contributed by atoms with Crippen LogP contribution in [-0.2, 0) is 35.1 Å². The van der Waals surface area contributed by atoms with Gasteiger partial charge in [0.2, 0.25) is 0 Å². The van der Waals surface area contributed by atoms with Crippen LogP contribution in [0.15, 0.2) is 18.2 Å². The van der Waals surface area contributed by atoms with Gasteiger partial charge >= 0.3 is 23.9 Å². The summed E-state index contributed by atoms with van der Waals surface area (Å²) in [7, 11) is 0. The third-order valence-electron chi connectivity index (χ3n) is 4.98. The van der Waals surface area contributed by atoms with Crippen molar-refractivity contribution >= 4 is 23.9 Å². The molecule has 0 saturated heterocycles. The van der Waals surface area contributed by atoms with E-state index in [-0.39, 0.29) is 49.1 Å². The summed E-state index contributed by atoms with van der Waals surface area (Å²) in [4.78, 5) is 48.3. The van der Waals surface area contributed by atoms with Crippen LogP contribution in [0.4, 0.5) is 0 Å². The van der Waals surface area contributed by atoms with Crippen molar-refractivity contribution in [2.24, 2.45) is 11.7 Å². The average Bonchev–Trinajstić information content (AvgIpc) is 2.75. The van der Waals surface area contributed by atoms with Gasteiger partial charge in [0, 0.05) is 19.3 Å². The van der Waals surface area contributed by atoms with Gasteiger partial charge in [0.05, 0.1) is 0 Å². The van der Waals surface area contributed by atoms with Gasteiger partial charge in [-0.15, -0.1) is 0 Å². The first-order valence-electron chi connectivity index (χ1n) is 12.2.